The molecule has 4 heterocycles. The molecule has 1 fully saturated rings. The van der Waals surface area contributed by atoms with E-state index in [-0.39, 0.29) is 11.7 Å². The number of pyridine rings is 2. The molecule has 0 aliphatic carbocycles. The topological polar surface area (TPSA) is 119 Å². The van der Waals surface area contributed by atoms with Crippen LogP contribution in [0.3, 0.4) is 0 Å². The minimum absolute atomic E-state index is 0.201. The summed E-state index contributed by atoms with van der Waals surface area (Å²) in [7, 11) is 1.33. The largest absolute Gasteiger partial charge is 0.464 e. The average Bonchev–Trinajstić information content (AvgIpc) is 3.30. The van der Waals surface area contributed by atoms with Gasteiger partial charge in [-0.25, -0.2) is 24.5 Å². The van der Waals surface area contributed by atoms with Crippen molar-refractivity contribution in [1.82, 2.24) is 20.3 Å². The Labute approximate surface area is 201 Å². The van der Waals surface area contributed by atoms with Gasteiger partial charge in [0.1, 0.15) is 16.6 Å². The predicted molar refractivity (Wildman–Crippen MR) is 130 cm³/mol. The molecular formula is C23H26N6O4S. The lowest BCUT2D eigenvalue weighted by Gasteiger charge is -2.28. The van der Waals surface area contributed by atoms with Crippen LogP contribution in [0.5, 0.6) is 0 Å². The van der Waals surface area contributed by atoms with Gasteiger partial charge in [0.15, 0.2) is 5.69 Å². The van der Waals surface area contributed by atoms with E-state index in [9.17, 15) is 9.59 Å². The second kappa shape index (κ2) is 10.6. The van der Waals surface area contributed by atoms with E-state index >= 15 is 0 Å². The van der Waals surface area contributed by atoms with E-state index in [0.717, 1.165) is 27.4 Å². The number of rotatable bonds is 6. The van der Waals surface area contributed by atoms with Crippen LogP contribution in [0, 0.1) is 6.92 Å². The fourth-order valence-electron chi connectivity index (χ4n) is 3.56. The first-order valence-electron chi connectivity index (χ1n) is 10.9. The lowest BCUT2D eigenvalue weighted by Crippen LogP contribution is -2.37. The molecule has 4 rings (SSSR count). The summed E-state index contributed by atoms with van der Waals surface area (Å²) in [6, 6.07) is 5.06. The number of amides is 2. The van der Waals surface area contributed by atoms with E-state index < -0.39 is 5.97 Å². The Morgan fingerprint density at radius 3 is 2.65 bits per heavy atom. The van der Waals surface area contributed by atoms with Gasteiger partial charge in [-0.15, -0.1) is 11.3 Å². The fourth-order valence-corrected chi connectivity index (χ4v) is 4.39. The second-order valence-electron chi connectivity index (χ2n) is 7.58. The zero-order valence-corrected chi connectivity index (χ0v) is 20.1. The molecule has 1 saturated heterocycles. The number of hydrogen-bond acceptors (Lipinski definition) is 9. The zero-order valence-electron chi connectivity index (χ0n) is 19.3. The lowest BCUT2D eigenvalue weighted by atomic mass is 10.0. The molecule has 0 saturated carbocycles. The number of urea groups is 1. The summed E-state index contributed by atoms with van der Waals surface area (Å²) < 4.78 is 10.4. The van der Waals surface area contributed by atoms with Crippen molar-refractivity contribution in [2.45, 2.75) is 13.8 Å². The molecule has 2 N–H and O–H groups in total. The molecule has 0 spiro atoms. The number of nitrogens with zero attached hydrogens (tertiary/aromatic N) is 4. The van der Waals surface area contributed by atoms with E-state index in [2.05, 4.69) is 30.5 Å². The Morgan fingerprint density at radius 2 is 1.97 bits per heavy atom. The molecule has 3 aromatic heterocycles. The third-order valence-corrected chi connectivity index (χ3v) is 6.18. The highest BCUT2D eigenvalue weighted by Crippen LogP contribution is 2.36. The van der Waals surface area contributed by atoms with Gasteiger partial charge in [0, 0.05) is 48.0 Å². The molecule has 3 aromatic rings. The van der Waals surface area contributed by atoms with Crippen LogP contribution in [0.4, 0.5) is 16.4 Å². The quantitative estimate of drug-likeness (QED) is 0.514. The van der Waals surface area contributed by atoms with Crippen molar-refractivity contribution in [2.24, 2.45) is 0 Å². The van der Waals surface area contributed by atoms with Crippen molar-refractivity contribution in [1.29, 1.82) is 0 Å². The minimum Gasteiger partial charge on any atom is -0.464 e. The maximum Gasteiger partial charge on any atom is 0.356 e. The predicted octanol–water partition coefficient (Wildman–Crippen LogP) is 3.34. The van der Waals surface area contributed by atoms with E-state index in [1.54, 1.807) is 18.3 Å². The highest BCUT2D eigenvalue weighted by molar-refractivity contribution is 7.13. The number of aryl methyl sites for hydroxylation is 1. The van der Waals surface area contributed by atoms with E-state index in [0.29, 0.717) is 44.5 Å². The Hall–Kier alpha value is -3.57. The number of nitrogens with one attached hydrogen (secondary N) is 2. The Balaban J connectivity index is 1.83. The van der Waals surface area contributed by atoms with Crippen LogP contribution >= 0.6 is 11.3 Å². The average molecular weight is 483 g/mol. The van der Waals surface area contributed by atoms with Gasteiger partial charge in [-0.2, -0.15) is 0 Å². The molecule has 178 valence electrons. The highest BCUT2D eigenvalue weighted by atomic mass is 32.1. The molecule has 0 radical (unpaired) electrons. The third kappa shape index (κ3) is 5.32. The van der Waals surface area contributed by atoms with E-state index in [4.69, 9.17) is 9.47 Å². The second-order valence-corrected chi connectivity index (χ2v) is 8.44. The van der Waals surface area contributed by atoms with E-state index in [1.807, 2.05) is 25.3 Å². The smallest absolute Gasteiger partial charge is 0.356 e. The molecule has 0 aromatic carbocycles. The Morgan fingerprint density at radius 1 is 1.18 bits per heavy atom. The number of aromatic nitrogens is 3. The maximum atomic E-state index is 12.4. The van der Waals surface area contributed by atoms with Crippen LogP contribution in [0.15, 0.2) is 29.8 Å². The normalized spacial score (nSPS) is 13.4. The lowest BCUT2D eigenvalue weighted by molar-refractivity contribution is 0.0594. The molecule has 1 aliphatic heterocycles. The van der Waals surface area contributed by atoms with Crippen LogP contribution in [-0.4, -0.2) is 66.9 Å². The summed E-state index contributed by atoms with van der Waals surface area (Å²) in [4.78, 5) is 40.1. The summed E-state index contributed by atoms with van der Waals surface area (Å²) in [6.45, 7) is 6.78. The third-order valence-electron chi connectivity index (χ3n) is 5.18. The summed E-state index contributed by atoms with van der Waals surface area (Å²) >= 11 is 1.50. The number of carbonyl (C=O) groups excluding carboxylic acids is 2. The number of carbonyl (C=O) groups is 2. The van der Waals surface area contributed by atoms with Crippen LogP contribution in [0.25, 0.3) is 21.7 Å². The number of esters is 1. The first-order valence-corrected chi connectivity index (χ1v) is 11.8. The van der Waals surface area contributed by atoms with Crippen LogP contribution in [0.1, 0.15) is 23.1 Å². The zero-order chi connectivity index (χ0) is 24.1. The summed E-state index contributed by atoms with van der Waals surface area (Å²) in [6.07, 6.45) is 1.67. The monoisotopic (exact) mass is 482 g/mol. The number of morpholine rings is 1. The van der Waals surface area contributed by atoms with Crippen molar-refractivity contribution < 1.29 is 19.1 Å². The number of ether oxygens (including phenoxy) is 2. The van der Waals surface area contributed by atoms with Crippen molar-refractivity contribution in [3.8, 4) is 21.7 Å². The Kier molecular flexibility index (Phi) is 7.33. The van der Waals surface area contributed by atoms with Gasteiger partial charge in [0.2, 0.25) is 0 Å². The molecule has 2 amide bonds. The fraction of sp³-hybridized carbons (Fsp3) is 0.348. The van der Waals surface area contributed by atoms with Gasteiger partial charge in [0.05, 0.1) is 20.3 Å². The first-order chi connectivity index (χ1) is 16.5. The maximum absolute atomic E-state index is 12.4. The SMILES string of the molecule is CCNC(=O)Nc1cc(-c2nc(C)cs2)c(-c2cc(C(=O)OC)nc(N3CCOCC3)c2)cn1. The van der Waals surface area contributed by atoms with Crippen molar-refractivity contribution in [3.63, 3.8) is 0 Å². The molecular weight excluding hydrogens is 456 g/mol. The molecule has 1 aliphatic rings. The molecule has 10 nitrogen and oxygen atoms in total. The minimum atomic E-state index is -0.523. The van der Waals surface area contributed by atoms with Gasteiger partial charge in [-0.3, -0.25) is 5.32 Å². The number of hydrogen-bond donors (Lipinski definition) is 2. The molecule has 0 bridgehead atoms. The number of methoxy groups -OCH3 is 1. The van der Waals surface area contributed by atoms with Crippen molar-refractivity contribution >= 4 is 35.0 Å². The Bertz CT molecular complexity index is 1190. The summed E-state index contributed by atoms with van der Waals surface area (Å²) in [5.41, 5.74) is 3.39. The summed E-state index contributed by atoms with van der Waals surface area (Å²) in [5, 5.41) is 8.18. The highest BCUT2D eigenvalue weighted by Gasteiger charge is 2.20. The number of thiazole rings is 1. The molecule has 11 heteroatoms. The molecule has 0 atom stereocenters. The van der Waals surface area contributed by atoms with Crippen LogP contribution < -0.4 is 15.5 Å². The van der Waals surface area contributed by atoms with Gasteiger partial charge in [-0.1, -0.05) is 0 Å². The van der Waals surface area contributed by atoms with Gasteiger partial charge in [0.25, 0.3) is 0 Å². The van der Waals surface area contributed by atoms with Crippen LogP contribution in [0.2, 0.25) is 0 Å². The standard InChI is InChI=1S/C23H26N6O4S/c1-4-24-23(31)28-19-11-16(21-26-14(2)13-34-21)17(12-25-19)15-9-18(22(30)32-3)27-20(10-15)29-5-7-33-8-6-29/h9-13H,4-8H2,1-3H3,(H2,24,25,28,31). The number of anilines is 2. The first kappa shape index (κ1) is 23.6. The summed E-state index contributed by atoms with van der Waals surface area (Å²) in [5.74, 6) is 0.533. The van der Waals surface area contributed by atoms with Gasteiger partial charge in [-0.05, 0) is 37.6 Å². The van der Waals surface area contributed by atoms with Gasteiger partial charge >= 0.3 is 12.0 Å². The van der Waals surface area contributed by atoms with Crippen molar-refractivity contribution in [3.05, 3.63) is 41.2 Å². The molecule has 34 heavy (non-hydrogen) atoms. The van der Waals surface area contributed by atoms with Crippen LogP contribution in [-0.2, 0) is 9.47 Å². The molecule has 0 unspecified atom stereocenters. The van der Waals surface area contributed by atoms with E-state index in [1.165, 1.54) is 18.4 Å². The van der Waals surface area contributed by atoms with Gasteiger partial charge < -0.3 is 19.7 Å². The van der Waals surface area contributed by atoms with Crippen molar-refractivity contribution in [2.75, 3.05) is 50.2 Å².